The van der Waals surface area contributed by atoms with Gasteiger partial charge in [-0.1, -0.05) is 6.07 Å². The van der Waals surface area contributed by atoms with Crippen molar-refractivity contribution in [3.05, 3.63) is 44.8 Å². The van der Waals surface area contributed by atoms with Gasteiger partial charge in [-0.3, -0.25) is 9.36 Å². The van der Waals surface area contributed by atoms with E-state index in [0.29, 0.717) is 12.5 Å². The highest BCUT2D eigenvalue weighted by Gasteiger charge is 2.24. The molecule has 0 radical (unpaired) electrons. The summed E-state index contributed by atoms with van der Waals surface area (Å²) in [7, 11) is 0. The number of hydrogen-bond donors (Lipinski definition) is 1. The number of thiophene rings is 1. The van der Waals surface area contributed by atoms with Crippen LogP contribution in [0.2, 0.25) is 0 Å². The van der Waals surface area contributed by atoms with Crippen LogP contribution in [0.25, 0.3) is 6.08 Å². The first-order chi connectivity index (χ1) is 11.7. The van der Waals surface area contributed by atoms with Crippen LogP contribution in [0.5, 0.6) is 0 Å². The number of nitrogens with zero attached hydrogens (tertiary/aromatic N) is 3. The van der Waals surface area contributed by atoms with Gasteiger partial charge < -0.3 is 4.90 Å². The van der Waals surface area contributed by atoms with Gasteiger partial charge in [0, 0.05) is 37.0 Å². The summed E-state index contributed by atoms with van der Waals surface area (Å²) < 4.78 is 1.66. The number of piperidine rings is 1. The highest BCUT2D eigenvalue weighted by Crippen LogP contribution is 2.20. The number of carbonyl (C=O) groups is 1. The number of aromatic amines is 1. The molecule has 6 nitrogen and oxygen atoms in total. The van der Waals surface area contributed by atoms with Crippen molar-refractivity contribution in [2.45, 2.75) is 32.7 Å². The summed E-state index contributed by atoms with van der Waals surface area (Å²) in [5.41, 5.74) is -0.157. The van der Waals surface area contributed by atoms with Crippen LogP contribution in [0.1, 0.15) is 30.5 Å². The molecule has 7 heteroatoms. The van der Waals surface area contributed by atoms with Crippen LogP contribution in [-0.2, 0) is 17.8 Å². The van der Waals surface area contributed by atoms with Crippen molar-refractivity contribution in [1.29, 1.82) is 0 Å². The summed E-state index contributed by atoms with van der Waals surface area (Å²) in [5.74, 6) is 1.19. The summed E-state index contributed by atoms with van der Waals surface area (Å²) in [6.45, 7) is 4.07. The molecular weight excluding hydrogens is 324 g/mol. The fourth-order valence-corrected chi connectivity index (χ4v) is 3.79. The second-order valence-electron chi connectivity index (χ2n) is 6.03. The Bertz CT molecular complexity index is 760. The number of amides is 1. The zero-order chi connectivity index (χ0) is 16.9. The third kappa shape index (κ3) is 3.84. The topological polar surface area (TPSA) is 71.0 Å². The number of hydrogen-bond acceptors (Lipinski definition) is 4. The predicted octanol–water partition coefficient (Wildman–Crippen LogP) is 2.15. The lowest BCUT2D eigenvalue weighted by Crippen LogP contribution is -2.40. The normalized spacial score (nSPS) is 18.4. The minimum atomic E-state index is -0.157. The lowest BCUT2D eigenvalue weighted by molar-refractivity contribution is -0.127. The first-order valence-electron chi connectivity index (χ1n) is 8.32. The zero-order valence-electron chi connectivity index (χ0n) is 13.8. The molecule has 0 saturated carbocycles. The van der Waals surface area contributed by atoms with Gasteiger partial charge >= 0.3 is 5.69 Å². The average Bonchev–Trinajstić information content (AvgIpc) is 3.23. The van der Waals surface area contributed by atoms with Gasteiger partial charge in [0.1, 0.15) is 5.82 Å². The van der Waals surface area contributed by atoms with Gasteiger partial charge in [-0.05, 0) is 43.2 Å². The number of rotatable bonds is 5. The molecule has 1 aliphatic heterocycles. The van der Waals surface area contributed by atoms with Gasteiger partial charge in [-0.15, -0.1) is 11.3 Å². The first-order valence-corrected chi connectivity index (χ1v) is 9.20. The third-order valence-electron chi connectivity index (χ3n) is 4.39. The van der Waals surface area contributed by atoms with Crippen LogP contribution >= 0.6 is 11.3 Å². The monoisotopic (exact) mass is 346 g/mol. The smallest absolute Gasteiger partial charge is 0.339 e. The molecule has 0 aliphatic carbocycles. The summed E-state index contributed by atoms with van der Waals surface area (Å²) in [4.78, 5) is 27.0. The van der Waals surface area contributed by atoms with Crippen molar-refractivity contribution in [2.75, 3.05) is 13.1 Å². The van der Waals surface area contributed by atoms with Crippen molar-refractivity contribution in [1.82, 2.24) is 19.7 Å². The van der Waals surface area contributed by atoms with Crippen LogP contribution in [0.4, 0.5) is 0 Å². The molecule has 1 fully saturated rings. The van der Waals surface area contributed by atoms with E-state index in [1.807, 2.05) is 35.4 Å². The van der Waals surface area contributed by atoms with E-state index in [4.69, 9.17) is 0 Å². The fraction of sp³-hybridized carbons (Fsp3) is 0.471. The number of carbonyl (C=O) groups excluding carboxylic acids is 1. The average molecular weight is 346 g/mol. The lowest BCUT2D eigenvalue weighted by atomic mass is 9.94. The SMILES string of the molecule is CCn1c(CC2CCCN(C(=O)/C=C/c3cccs3)C2)n[nH]c1=O. The molecule has 0 spiro atoms. The number of nitrogens with one attached hydrogen (secondary N) is 1. The Balaban J connectivity index is 1.61. The Labute approximate surface area is 144 Å². The van der Waals surface area contributed by atoms with Gasteiger partial charge in [0.25, 0.3) is 0 Å². The Kier molecular flexibility index (Phi) is 5.30. The van der Waals surface area contributed by atoms with Crippen LogP contribution in [0.15, 0.2) is 28.4 Å². The van der Waals surface area contributed by atoms with E-state index in [1.165, 1.54) is 0 Å². The van der Waals surface area contributed by atoms with Crippen LogP contribution in [0.3, 0.4) is 0 Å². The Hall–Kier alpha value is -2.15. The molecule has 2 aromatic rings. The van der Waals surface area contributed by atoms with E-state index in [1.54, 1.807) is 22.0 Å². The third-order valence-corrected chi connectivity index (χ3v) is 5.23. The molecule has 128 valence electrons. The van der Waals surface area contributed by atoms with E-state index in [9.17, 15) is 9.59 Å². The number of likely N-dealkylation sites (tertiary alicyclic amines) is 1. The number of H-pyrrole nitrogens is 1. The molecule has 2 aromatic heterocycles. The van der Waals surface area contributed by atoms with Crippen molar-refractivity contribution in [2.24, 2.45) is 5.92 Å². The second-order valence-corrected chi connectivity index (χ2v) is 7.01. The quantitative estimate of drug-likeness (QED) is 0.843. The van der Waals surface area contributed by atoms with Gasteiger partial charge in [-0.25, -0.2) is 9.89 Å². The lowest BCUT2D eigenvalue weighted by Gasteiger charge is -2.32. The molecule has 1 saturated heterocycles. The van der Waals surface area contributed by atoms with E-state index >= 15 is 0 Å². The molecule has 1 amide bonds. The molecular formula is C17H22N4O2S. The Morgan fingerprint density at radius 2 is 2.42 bits per heavy atom. The van der Waals surface area contributed by atoms with E-state index in [-0.39, 0.29) is 11.6 Å². The number of aromatic nitrogens is 3. The van der Waals surface area contributed by atoms with Crippen LogP contribution in [0, 0.1) is 5.92 Å². The van der Waals surface area contributed by atoms with E-state index in [2.05, 4.69) is 10.2 Å². The minimum absolute atomic E-state index is 0.0583. The van der Waals surface area contributed by atoms with Gasteiger partial charge in [0.05, 0.1) is 0 Å². The maximum Gasteiger partial charge on any atom is 0.343 e. The summed E-state index contributed by atoms with van der Waals surface area (Å²) >= 11 is 1.62. The highest BCUT2D eigenvalue weighted by atomic mass is 32.1. The van der Waals surface area contributed by atoms with Crippen molar-refractivity contribution < 1.29 is 4.79 Å². The molecule has 3 rings (SSSR count). The zero-order valence-corrected chi connectivity index (χ0v) is 14.6. The summed E-state index contributed by atoms with van der Waals surface area (Å²) in [6.07, 6.45) is 6.31. The maximum absolute atomic E-state index is 12.4. The van der Waals surface area contributed by atoms with Crippen molar-refractivity contribution in [3.8, 4) is 0 Å². The molecule has 24 heavy (non-hydrogen) atoms. The standard InChI is InChI=1S/C17H22N4O2S/c1-2-21-15(18-19-17(21)23)11-13-5-3-9-20(12-13)16(22)8-7-14-6-4-10-24-14/h4,6-8,10,13H,2-3,5,9,11-12H2,1H3,(H,19,23)/b8-7+. The van der Waals surface area contributed by atoms with Gasteiger partial charge in [0.15, 0.2) is 0 Å². The van der Waals surface area contributed by atoms with Gasteiger partial charge in [-0.2, -0.15) is 5.10 Å². The highest BCUT2D eigenvalue weighted by molar-refractivity contribution is 7.10. The molecule has 1 atom stereocenters. The molecule has 1 aliphatic rings. The van der Waals surface area contributed by atoms with Gasteiger partial charge in [0.2, 0.25) is 5.91 Å². The van der Waals surface area contributed by atoms with E-state index < -0.39 is 0 Å². The predicted molar refractivity (Wildman–Crippen MR) is 94.9 cm³/mol. The second kappa shape index (κ2) is 7.61. The molecule has 1 unspecified atom stereocenters. The van der Waals surface area contributed by atoms with E-state index in [0.717, 1.165) is 43.1 Å². The van der Waals surface area contributed by atoms with Crippen LogP contribution < -0.4 is 5.69 Å². The molecule has 0 bridgehead atoms. The van der Waals surface area contributed by atoms with Crippen LogP contribution in [-0.4, -0.2) is 38.7 Å². The Morgan fingerprint density at radius 3 is 3.17 bits per heavy atom. The summed E-state index contributed by atoms with van der Waals surface area (Å²) in [6, 6.07) is 3.97. The molecule has 1 N–H and O–H groups in total. The maximum atomic E-state index is 12.4. The Morgan fingerprint density at radius 1 is 1.54 bits per heavy atom. The fourth-order valence-electron chi connectivity index (χ4n) is 3.17. The van der Waals surface area contributed by atoms with Crippen molar-refractivity contribution >= 4 is 23.3 Å². The minimum Gasteiger partial charge on any atom is -0.339 e. The summed E-state index contributed by atoms with van der Waals surface area (Å²) in [5, 5.41) is 8.64. The van der Waals surface area contributed by atoms with Crippen molar-refractivity contribution in [3.63, 3.8) is 0 Å². The molecule has 0 aromatic carbocycles. The first kappa shape index (κ1) is 16.7. The largest absolute Gasteiger partial charge is 0.343 e. The molecule has 3 heterocycles.